The first-order valence-electron chi connectivity index (χ1n) is 17.9. The van der Waals surface area contributed by atoms with E-state index in [-0.39, 0.29) is 12.0 Å². The number of morpholine rings is 1. The quantitative estimate of drug-likeness (QED) is 0.0697. The van der Waals surface area contributed by atoms with Gasteiger partial charge in [-0.15, -0.1) is 11.5 Å². The van der Waals surface area contributed by atoms with E-state index >= 15 is 0 Å². The average Bonchev–Trinajstić information content (AvgIpc) is 3.85. The maximum Gasteiger partial charge on any atom is 0.253 e. The zero-order valence-electron chi connectivity index (χ0n) is 30.0. The van der Waals surface area contributed by atoms with Crippen molar-refractivity contribution in [2.75, 3.05) is 39.3 Å². The number of hydrogen-bond acceptors (Lipinski definition) is 4. The molecule has 2 atom stereocenters. The minimum atomic E-state index is -0.382. The van der Waals surface area contributed by atoms with Gasteiger partial charge in [-0.2, -0.15) is 0 Å². The molecule has 46 heavy (non-hydrogen) atoms. The van der Waals surface area contributed by atoms with Crippen LogP contribution in [-0.4, -0.2) is 67.4 Å². The van der Waals surface area contributed by atoms with Crippen molar-refractivity contribution in [3.05, 3.63) is 83.5 Å². The first kappa shape index (κ1) is 39.2. The molecule has 1 saturated carbocycles. The first-order chi connectivity index (χ1) is 22.2. The normalized spacial score (nSPS) is 21.1. The van der Waals surface area contributed by atoms with Gasteiger partial charge in [0.25, 0.3) is 5.91 Å². The minimum Gasteiger partial charge on any atom is -0.366 e. The molecule has 0 aromatic heterocycles. The van der Waals surface area contributed by atoms with Gasteiger partial charge in [-0.1, -0.05) is 97.6 Å². The lowest BCUT2D eigenvalue weighted by Gasteiger charge is -2.35. The number of unbranched alkanes of at least 4 members (excludes halogenated alkanes) is 2. The van der Waals surface area contributed by atoms with E-state index in [2.05, 4.69) is 99.0 Å². The number of carbonyl (C=O) groups is 1. The summed E-state index contributed by atoms with van der Waals surface area (Å²) in [5, 5.41) is 0. The predicted molar refractivity (Wildman–Crippen MR) is 197 cm³/mol. The molecule has 254 valence electrons. The largest absolute Gasteiger partial charge is 0.366 e. The standard InChI is InChI=1S/C32H50N2O2.C9H13N/c1-5-6-7-8-9-20-33-21-22-36-31(25-33)32(35)34(23-26(2)3)24-29-13-11-15-30(27(4)16-17-29)14-10-12-28-18-19-28;1-4-5-6-7-10-8-9(2)3/h8-9,11,13,16-17,26-28,31H,5-7,10,12,14,18-25H2,1-4H3;5,7-8H,2,4H2,1,3H3/b9-8+,17-16?,29-13+;. The van der Waals surface area contributed by atoms with Gasteiger partial charge in [-0.05, 0) is 79.4 Å². The van der Waals surface area contributed by atoms with Gasteiger partial charge in [-0.25, -0.2) is 0 Å². The number of allylic oxidation sites excluding steroid dienone is 6. The number of ether oxygens (including phenoxy) is 1. The van der Waals surface area contributed by atoms with Crippen LogP contribution >= 0.6 is 0 Å². The lowest BCUT2D eigenvalue weighted by Crippen LogP contribution is -2.52. The number of amides is 1. The molecule has 1 aliphatic heterocycles. The highest BCUT2D eigenvalue weighted by atomic mass is 16.5. The summed E-state index contributed by atoms with van der Waals surface area (Å²) in [7, 11) is 0. The van der Waals surface area contributed by atoms with Crippen molar-refractivity contribution in [3.8, 4) is 0 Å². The molecule has 2 unspecified atom stereocenters. The third-order valence-corrected chi connectivity index (χ3v) is 8.19. The van der Waals surface area contributed by atoms with Crippen LogP contribution in [0.4, 0.5) is 0 Å². The molecule has 2 aliphatic carbocycles. The van der Waals surface area contributed by atoms with E-state index in [1.165, 1.54) is 44.1 Å². The summed E-state index contributed by atoms with van der Waals surface area (Å²) >= 11 is 0. The van der Waals surface area contributed by atoms with Gasteiger partial charge in [0.2, 0.25) is 0 Å². The number of carbonyl (C=O) groups excluding carboxylic acids is 1. The van der Waals surface area contributed by atoms with Crippen molar-refractivity contribution >= 4 is 12.1 Å². The fourth-order valence-electron chi connectivity index (χ4n) is 5.38. The smallest absolute Gasteiger partial charge is 0.253 e. The SMILES string of the molecule is C=C(C)C=NC=C=CCC.CCCC/C=C/CN1CCOC(C(=O)N(C/C2=C/C=C=C(CCCC3CC3)C(C)C=C2)CC(C)C)C1. The van der Waals surface area contributed by atoms with E-state index in [1.807, 2.05) is 17.9 Å². The molecule has 0 spiro atoms. The first-order valence-corrected chi connectivity index (χ1v) is 17.9. The molecule has 0 aromatic rings. The number of hydrogen-bond donors (Lipinski definition) is 0. The van der Waals surface area contributed by atoms with Gasteiger partial charge in [0.15, 0.2) is 0 Å². The summed E-state index contributed by atoms with van der Waals surface area (Å²) in [5.41, 5.74) is 9.98. The van der Waals surface area contributed by atoms with Crippen molar-refractivity contribution in [3.63, 3.8) is 0 Å². The van der Waals surface area contributed by atoms with Gasteiger partial charge in [0.1, 0.15) is 6.10 Å². The molecular weight excluding hydrogens is 566 g/mol. The van der Waals surface area contributed by atoms with Crippen molar-refractivity contribution in [2.45, 2.75) is 105 Å². The third kappa shape index (κ3) is 17.7. The van der Waals surface area contributed by atoms with E-state index in [0.29, 0.717) is 31.5 Å². The Morgan fingerprint density at radius 1 is 1.26 bits per heavy atom. The molecular formula is C41H63N3O2. The Morgan fingerprint density at radius 2 is 2.07 bits per heavy atom. The monoisotopic (exact) mass is 629 g/mol. The molecule has 1 amide bonds. The molecule has 0 aromatic carbocycles. The topological polar surface area (TPSA) is 45.1 Å². The second kappa shape index (κ2) is 23.4. The van der Waals surface area contributed by atoms with E-state index in [1.54, 1.807) is 12.4 Å². The van der Waals surface area contributed by atoms with E-state index in [4.69, 9.17) is 4.74 Å². The van der Waals surface area contributed by atoms with Gasteiger partial charge < -0.3 is 9.64 Å². The Bertz CT molecular complexity index is 1170. The van der Waals surface area contributed by atoms with Gasteiger partial charge >= 0.3 is 0 Å². The van der Waals surface area contributed by atoms with Crippen molar-refractivity contribution in [1.29, 1.82) is 0 Å². The number of rotatable bonds is 17. The predicted octanol–water partition coefficient (Wildman–Crippen LogP) is 9.42. The lowest BCUT2D eigenvalue weighted by atomic mass is 9.93. The summed E-state index contributed by atoms with van der Waals surface area (Å²) in [5.74, 6) is 1.90. The summed E-state index contributed by atoms with van der Waals surface area (Å²) in [6, 6.07) is 0. The van der Waals surface area contributed by atoms with Crippen molar-refractivity contribution in [1.82, 2.24) is 9.80 Å². The zero-order chi connectivity index (χ0) is 33.6. The third-order valence-electron chi connectivity index (χ3n) is 8.19. The minimum absolute atomic E-state index is 0.119. The maximum absolute atomic E-state index is 13.6. The van der Waals surface area contributed by atoms with Crippen LogP contribution in [0.1, 0.15) is 99.3 Å². The van der Waals surface area contributed by atoms with Crippen molar-refractivity contribution < 1.29 is 9.53 Å². The van der Waals surface area contributed by atoms with E-state index < -0.39 is 0 Å². The van der Waals surface area contributed by atoms with Crippen LogP contribution in [0.3, 0.4) is 0 Å². The molecule has 3 rings (SSSR count). The van der Waals surface area contributed by atoms with Crippen LogP contribution < -0.4 is 0 Å². The lowest BCUT2D eigenvalue weighted by molar-refractivity contribution is -0.149. The van der Waals surface area contributed by atoms with Gasteiger partial charge in [0, 0.05) is 44.9 Å². The highest BCUT2D eigenvalue weighted by Crippen LogP contribution is 2.35. The highest BCUT2D eigenvalue weighted by Gasteiger charge is 2.30. The summed E-state index contributed by atoms with van der Waals surface area (Å²) in [4.78, 5) is 21.9. The van der Waals surface area contributed by atoms with Crippen LogP contribution in [0.5, 0.6) is 0 Å². The average molecular weight is 630 g/mol. The molecule has 5 heteroatoms. The molecule has 3 aliphatic rings. The summed E-state index contributed by atoms with van der Waals surface area (Å²) in [6.07, 6.45) is 29.4. The molecule has 1 heterocycles. The van der Waals surface area contributed by atoms with Crippen molar-refractivity contribution in [2.24, 2.45) is 22.7 Å². The summed E-state index contributed by atoms with van der Waals surface area (Å²) in [6.45, 7) is 20.9. The Hall–Kier alpha value is -2.94. The Kier molecular flexibility index (Phi) is 20.0. The van der Waals surface area contributed by atoms with E-state index in [9.17, 15) is 4.79 Å². The molecule has 1 saturated heterocycles. The number of aliphatic imine (C=N–C) groups is 1. The van der Waals surface area contributed by atoms with Crippen LogP contribution in [0, 0.1) is 17.8 Å². The van der Waals surface area contributed by atoms with Gasteiger partial charge in [0.05, 0.1) is 12.8 Å². The van der Waals surface area contributed by atoms with Crippen LogP contribution in [0.2, 0.25) is 0 Å². The zero-order valence-corrected chi connectivity index (χ0v) is 30.0. The van der Waals surface area contributed by atoms with E-state index in [0.717, 1.165) is 56.0 Å². The molecule has 0 radical (unpaired) electrons. The summed E-state index contributed by atoms with van der Waals surface area (Å²) < 4.78 is 5.98. The number of nitrogens with zero attached hydrogens (tertiary/aromatic N) is 3. The fraction of sp³-hybridized carbons (Fsp3) is 0.610. The molecule has 0 bridgehead atoms. The molecule has 0 N–H and O–H groups in total. The fourth-order valence-corrected chi connectivity index (χ4v) is 5.38. The maximum atomic E-state index is 13.6. The second-order valence-electron chi connectivity index (χ2n) is 13.4. The molecule has 2 fully saturated rings. The molecule has 5 nitrogen and oxygen atoms in total. The second-order valence-corrected chi connectivity index (χ2v) is 13.4. The Balaban J connectivity index is 0.000000634. The van der Waals surface area contributed by atoms with Crippen LogP contribution in [0.25, 0.3) is 0 Å². The Labute approximate surface area is 281 Å². The van der Waals surface area contributed by atoms with Crippen LogP contribution in [0.15, 0.2) is 88.5 Å². The highest BCUT2D eigenvalue weighted by molar-refractivity contribution is 5.81. The van der Waals surface area contributed by atoms with Crippen LogP contribution in [-0.2, 0) is 9.53 Å². The Morgan fingerprint density at radius 3 is 2.76 bits per heavy atom. The van der Waals surface area contributed by atoms with Gasteiger partial charge in [-0.3, -0.25) is 14.7 Å².